The number of carbonyl (C=O) groups is 2. The Kier molecular flexibility index (Phi) is 56.8. The fraction of sp³-hybridized carbons (Fsp3) is 0.949. The SMILES string of the molecule is CCCCCCCCCCCCCCCCCC(=O)[O-].CCCCCCCCCCCCCCCCCC(=O)[O-].OCC(O)CO.[Mg+2]. The quantitative estimate of drug-likeness (QED) is 0.0462. The van der Waals surface area contributed by atoms with Gasteiger partial charge in [-0.3, -0.25) is 0 Å². The zero-order valence-corrected chi connectivity index (χ0v) is 32.7. The van der Waals surface area contributed by atoms with Gasteiger partial charge in [0.15, 0.2) is 0 Å². The van der Waals surface area contributed by atoms with Crippen molar-refractivity contribution < 1.29 is 35.1 Å². The molecule has 0 aliphatic heterocycles. The van der Waals surface area contributed by atoms with E-state index in [9.17, 15) is 19.8 Å². The molecule has 0 spiro atoms. The predicted molar refractivity (Wildman–Crippen MR) is 195 cm³/mol. The molecule has 0 amide bonds. The summed E-state index contributed by atoms with van der Waals surface area (Å²) in [6.45, 7) is 3.81. The summed E-state index contributed by atoms with van der Waals surface area (Å²) in [5.74, 6) is -1.81. The van der Waals surface area contributed by atoms with Crippen molar-refractivity contribution in [2.75, 3.05) is 13.2 Å². The van der Waals surface area contributed by atoms with Crippen LogP contribution in [0.5, 0.6) is 0 Å². The van der Waals surface area contributed by atoms with Crippen LogP contribution in [0, 0.1) is 0 Å². The molecule has 3 N–H and O–H groups in total. The molecule has 0 unspecified atom stereocenters. The summed E-state index contributed by atoms with van der Waals surface area (Å²) in [5, 5.41) is 44.5. The van der Waals surface area contributed by atoms with Gasteiger partial charge < -0.3 is 35.1 Å². The number of carbonyl (C=O) groups excluding carboxylic acids is 2. The number of aliphatic hydroxyl groups excluding tert-OH is 3. The number of aliphatic hydroxyl groups is 3. The Morgan fingerprint density at radius 2 is 0.574 bits per heavy atom. The molecule has 0 saturated carbocycles. The van der Waals surface area contributed by atoms with E-state index >= 15 is 0 Å². The van der Waals surface area contributed by atoms with Crippen LogP contribution in [0.25, 0.3) is 0 Å². The number of aliphatic carboxylic acids is 2. The Morgan fingerprint density at radius 1 is 0.404 bits per heavy atom. The monoisotopic (exact) mass is 683 g/mol. The van der Waals surface area contributed by atoms with Gasteiger partial charge >= 0.3 is 23.1 Å². The van der Waals surface area contributed by atoms with Gasteiger partial charge in [0, 0.05) is 11.9 Å². The first-order valence-electron chi connectivity index (χ1n) is 19.6. The van der Waals surface area contributed by atoms with Crippen molar-refractivity contribution in [2.24, 2.45) is 0 Å². The van der Waals surface area contributed by atoms with Crippen LogP contribution in [-0.4, -0.2) is 69.6 Å². The number of hydrogen-bond donors (Lipinski definition) is 3. The van der Waals surface area contributed by atoms with Gasteiger partial charge in [0.25, 0.3) is 0 Å². The van der Waals surface area contributed by atoms with Crippen molar-refractivity contribution in [3.63, 3.8) is 0 Å². The third-order valence-electron chi connectivity index (χ3n) is 8.39. The summed E-state index contributed by atoms with van der Waals surface area (Å²) in [4.78, 5) is 20.4. The Bertz CT molecular complexity index is 530. The molecule has 0 aliphatic carbocycles. The normalized spacial score (nSPS) is 10.5. The summed E-state index contributed by atoms with van der Waals surface area (Å²) in [5.41, 5.74) is 0. The first-order valence-corrected chi connectivity index (χ1v) is 19.6. The molecule has 0 aromatic heterocycles. The van der Waals surface area contributed by atoms with Crippen molar-refractivity contribution in [3.8, 4) is 0 Å². The smallest absolute Gasteiger partial charge is 0.550 e. The van der Waals surface area contributed by atoms with E-state index in [-0.39, 0.29) is 49.1 Å². The van der Waals surface area contributed by atoms with Crippen LogP contribution in [0.15, 0.2) is 0 Å². The third-order valence-corrected chi connectivity index (χ3v) is 8.39. The number of carboxylic acids is 2. The molecule has 0 bridgehead atoms. The second-order valence-corrected chi connectivity index (χ2v) is 13.2. The summed E-state index contributed by atoms with van der Waals surface area (Å²) in [7, 11) is 0. The molecule has 0 aromatic carbocycles. The zero-order valence-electron chi connectivity index (χ0n) is 31.3. The van der Waals surface area contributed by atoms with Crippen molar-refractivity contribution in [1.82, 2.24) is 0 Å². The van der Waals surface area contributed by atoms with Gasteiger partial charge in [-0.1, -0.05) is 194 Å². The van der Waals surface area contributed by atoms with Gasteiger partial charge in [-0.15, -0.1) is 0 Å². The molecule has 0 rings (SSSR count). The average molecular weight is 683 g/mol. The van der Waals surface area contributed by atoms with Crippen LogP contribution < -0.4 is 10.2 Å². The van der Waals surface area contributed by atoms with E-state index in [0.717, 1.165) is 25.7 Å². The minimum absolute atomic E-state index is 0. The van der Waals surface area contributed by atoms with E-state index in [2.05, 4.69) is 13.8 Å². The fourth-order valence-electron chi connectivity index (χ4n) is 5.34. The molecular weight excluding hydrogens is 605 g/mol. The molecule has 0 aliphatic rings. The molecule has 0 fully saturated rings. The minimum Gasteiger partial charge on any atom is -0.550 e. The fourth-order valence-corrected chi connectivity index (χ4v) is 5.34. The maximum absolute atomic E-state index is 10.2. The van der Waals surface area contributed by atoms with Gasteiger partial charge in [0.1, 0.15) is 6.10 Å². The number of unbranched alkanes of at least 4 members (excludes halogenated alkanes) is 28. The number of rotatable bonds is 34. The Morgan fingerprint density at radius 3 is 0.702 bits per heavy atom. The first-order chi connectivity index (χ1) is 22.3. The minimum atomic E-state index is -0.954. The summed E-state index contributed by atoms with van der Waals surface area (Å²) in [6.07, 6.45) is 38.8. The third kappa shape index (κ3) is 61.3. The second-order valence-electron chi connectivity index (χ2n) is 13.2. The largest absolute Gasteiger partial charge is 2.00 e. The molecule has 7 nitrogen and oxygen atoms in total. The van der Waals surface area contributed by atoms with Crippen LogP contribution in [0.4, 0.5) is 0 Å². The van der Waals surface area contributed by atoms with Crippen LogP contribution in [0.1, 0.15) is 219 Å². The molecule has 0 radical (unpaired) electrons. The van der Waals surface area contributed by atoms with E-state index in [0.29, 0.717) is 0 Å². The van der Waals surface area contributed by atoms with Crippen LogP contribution in [-0.2, 0) is 9.59 Å². The van der Waals surface area contributed by atoms with Crippen LogP contribution >= 0.6 is 0 Å². The zero-order chi connectivity index (χ0) is 34.8. The van der Waals surface area contributed by atoms with Crippen molar-refractivity contribution >= 4 is 35.0 Å². The molecular formula is C39H78MgO7. The molecule has 0 atom stereocenters. The van der Waals surface area contributed by atoms with Crippen molar-refractivity contribution in [3.05, 3.63) is 0 Å². The Balaban J connectivity index is -0.000000329. The topological polar surface area (TPSA) is 141 Å². The number of hydrogen-bond acceptors (Lipinski definition) is 7. The molecule has 47 heavy (non-hydrogen) atoms. The molecule has 0 heterocycles. The van der Waals surface area contributed by atoms with E-state index < -0.39 is 18.0 Å². The van der Waals surface area contributed by atoms with E-state index in [1.165, 1.54) is 167 Å². The predicted octanol–water partition coefficient (Wildman–Crippen LogP) is 7.95. The Labute approximate surface area is 307 Å². The maximum atomic E-state index is 10.2. The van der Waals surface area contributed by atoms with Crippen LogP contribution in [0.2, 0.25) is 0 Å². The van der Waals surface area contributed by atoms with Crippen LogP contribution in [0.3, 0.4) is 0 Å². The first kappa shape index (κ1) is 53.4. The summed E-state index contributed by atoms with van der Waals surface area (Å²) in [6, 6.07) is 0. The van der Waals surface area contributed by atoms with Gasteiger partial charge in [-0.2, -0.15) is 0 Å². The van der Waals surface area contributed by atoms with Gasteiger partial charge in [0.05, 0.1) is 13.2 Å². The van der Waals surface area contributed by atoms with Gasteiger partial charge in [-0.25, -0.2) is 0 Å². The van der Waals surface area contributed by atoms with E-state index in [4.69, 9.17) is 15.3 Å². The summed E-state index contributed by atoms with van der Waals surface area (Å²) >= 11 is 0. The molecule has 0 saturated heterocycles. The van der Waals surface area contributed by atoms with Gasteiger partial charge in [0.2, 0.25) is 0 Å². The van der Waals surface area contributed by atoms with E-state index in [1.807, 2.05) is 0 Å². The number of carboxylic acid groups (broad SMARTS) is 2. The molecule has 278 valence electrons. The average Bonchev–Trinajstić information content (AvgIpc) is 3.04. The van der Waals surface area contributed by atoms with E-state index in [1.54, 1.807) is 0 Å². The maximum Gasteiger partial charge on any atom is 2.00 e. The van der Waals surface area contributed by atoms with Crippen molar-refractivity contribution in [2.45, 2.75) is 225 Å². The van der Waals surface area contributed by atoms with Gasteiger partial charge in [-0.05, 0) is 25.7 Å². The molecule has 8 heteroatoms. The molecule has 0 aromatic rings. The Hall–Kier alpha value is -0.414. The second kappa shape index (κ2) is 50.0. The summed E-state index contributed by atoms with van der Waals surface area (Å²) < 4.78 is 0. The van der Waals surface area contributed by atoms with Crippen molar-refractivity contribution in [1.29, 1.82) is 0 Å². The standard InChI is InChI=1S/2C18H36O2.C3H8O3.Mg/c2*1-2-3-4-5-6-7-8-9-10-11-12-13-14-15-16-17-18(19)20;4-1-3(6)2-5;/h2*2-17H2,1H3,(H,19,20);3-6H,1-2H2;/q;;;+2/p-2.